The summed E-state index contributed by atoms with van der Waals surface area (Å²) in [4.78, 5) is 19.8. The van der Waals surface area contributed by atoms with Crippen molar-refractivity contribution in [2.75, 3.05) is 0 Å². The number of fused-ring (bicyclic) bond motifs is 1. The van der Waals surface area contributed by atoms with Crippen LogP contribution in [0, 0.1) is 0 Å². The maximum atomic E-state index is 11.8. The fraction of sp³-hybridized carbons (Fsp3) is 0. The van der Waals surface area contributed by atoms with Crippen LogP contribution in [0.2, 0.25) is 0 Å². The first-order valence-electron chi connectivity index (χ1n) is 4.99. The van der Waals surface area contributed by atoms with Crippen LogP contribution in [-0.2, 0) is 4.79 Å². The predicted molar refractivity (Wildman–Crippen MR) is 59.0 cm³/mol. The molecule has 76 valence electrons. The van der Waals surface area contributed by atoms with Crippen LogP contribution in [0.5, 0.6) is 0 Å². The van der Waals surface area contributed by atoms with E-state index in [-0.39, 0.29) is 5.91 Å². The highest BCUT2D eigenvalue weighted by molar-refractivity contribution is 6.20. The number of nitrogens with zero attached hydrogens (tertiary/aromatic N) is 2. The SMILES string of the molecule is O=C1N=c2ccccc2=C1c1ccncc1. The van der Waals surface area contributed by atoms with Gasteiger partial charge in [-0.05, 0) is 23.8 Å². The number of aromatic nitrogens is 1. The van der Waals surface area contributed by atoms with Crippen molar-refractivity contribution in [1.82, 2.24) is 4.98 Å². The van der Waals surface area contributed by atoms with Crippen LogP contribution in [0.15, 0.2) is 53.8 Å². The van der Waals surface area contributed by atoms with Crippen LogP contribution >= 0.6 is 0 Å². The number of amides is 1. The van der Waals surface area contributed by atoms with Crippen molar-refractivity contribution in [3.63, 3.8) is 0 Å². The highest BCUT2D eigenvalue weighted by Gasteiger charge is 2.17. The fourth-order valence-corrected chi connectivity index (χ4v) is 1.86. The monoisotopic (exact) mass is 208 g/mol. The average Bonchev–Trinajstić information content (AvgIpc) is 2.66. The van der Waals surface area contributed by atoms with E-state index in [2.05, 4.69) is 9.98 Å². The van der Waals surface area contributed by atoms with Gasteiger partial charge in [0.2, 0.25) is 0 Å². The van der Waals surface area contributed by atoms with Gasteiger partial charge < -0.3 is 0 Å². The number of carbonyl (C=O) groups is 1. The molecule has 1 aliphatic heterocycles. The summed E-state index contributed by atoms with van der Waals surface area (Å²) in [6, 6.07) is 11.2. The van der Waals surface area contributed by atoms with Crippen LogP contribution in [-0.4, -0.2) is 10.9 Å². The molecule has 1 aliphatic rings. The summed E-state index contributed by atoms with van der Waals surface area (Å²) in [5.74, 6) is -0.174. The van der Waals surface area contributed by atoms with Crippen molar-refractivity contribution in [3.8, 4) is 0 Å². The van der Waals surface area contributed by atoms with Crippen molar-refractivity contribution >= 4 is 11.5 Å². The van der Waals surface area contributed by atoms with Gasteiger partial charge in [0.1, 0.15) is 0 Å². The summed E-state index contributed by atoms with van der Waals surface area (Å²) in [5, 5.41) is 1.65. The van der Waals surface area contributed by atoms with Gasteiger partial charge in [0, 0.05) is 17.6 Å². The molecule has 0 saturated heterocycles. The van der Waals surface area contributed by atoms with E-state index in [0.717, 1.165) is 16.1 Å². The normalized spacial score (nSPS) is 13.5. The molecule has 0 aliphatic carbocycles. The number of benzene rings is 1. The summed E-state index contributed by atoms with van der Waals surface area (Å²) in [6.07, 6.45) is 3.35. The molecule has 1 amide bonds. The van der Waals surface area contributed by atoms with Crippen LogP contribution in [0.4, 0.5) is 0 Å². The molecular weight excluding hydrogens is 200 g/mol. The molecule has 0 radical (unpaired) electrons. The fourth-order valence-electron chi connectivity index (χ4n) is 1.86. The highest BCUT2D eigenvalue weighted by atomic mass is 16.1. The molecule has 16 heavy (non-hydrogen) atoms. The van der Waals surface area contributed by atoms with Gasteiger partial charge in [0.25, 0.3) is 5.91 Å². The molecule has 0 unspecified atom stereocenters. The second-order valence-corrected chi connectivity index (χ2v) is 3.54. The van der Waals surface area contributed by atoms with E-state index < -0.39 is 0 Å². The van der Waals surface area contributed by atoms with Gasteiger partial charge >= 0.3 is 0 Å². The van der Waals surface area contributed by atoms with Crippen molar-refractivity contribution in [2.24, 2.45) is 4.99 Å². The van der Waals surface area contributed by atoms with Crippen molar-refractivity contribution in [2.45, 2.75) is 0 Å². The first kappa shape index (κ1) is 8.97. The zero-order chi connectivity index (χ0) is 11.0. The maximum Gasteiger partial charge on any atom is 0.278 e. The molecule has 2 heterocycles. The van der Waals surface area contributed by atoms with Crippen LogP contribution < -0.4 is 10.6 Å². The van der Waals surface area contributed by atoms with E-state index in [9.17, 15) is 4.79 Å². The molecular formula is C13H8N2O. The van der Waals surface area contributed by atoms with Gasteiger partial charge in [0.05, 0.1) is 10.9 Å². The summed E-state index contributed by atoms with van der Waals surface area (Å²) in [5.41, 5.74) is 1.53. The zero-order valence-corrected chi connectivity index (χ0v) is 8.42. The summed E-state index contributed by atoms with van der Waals surface area (Å²) < 4.78 is 0. The second-order valence-electron chi connectivity index (χ2n) is 3.54. The van der Waals surface area contributed by atoms with Gasteiger partial charge in [0.15, 0.2) is 0 Å². The smallest absolute Gasteiger partial charge is 0.267 e. The standard InChI is InChI=1S/C13H8N2O/c16-13-12(9-5-7-14-8-6-9)10-3-1-2-4-11(10)15-13/h1-8H. The van der Waals surface area contributed by atoms with Gasteiger partial charge in [-0.1, -0.05) is 18.2 Å². The first-order chi connectivity index (χ1) is 7.86. The van der Waals surface area contributed by atoms with Crippen LogP contribution in [0.1, 0.15) is 5.56 Å². The Labute approximate surface area is 91.8 Å². The van der Waals surface area contributed by atoms with Gasteiger partial charge in [-0.25, -0.2) is 4.99 Å². The molecule has 0 atom stereocenters. The third kappa shape index (κ3) is 1.26. The first-order valence-corrected chi connectivity index (χ1v) is 4.99. The van der Waals surface area contributed by atoms with Gasteiger partial charge in [-0.2, -0.15) is 0 Å². The molecule has 3 nitrogen and oxygen atoms in total. The Bertz CT molecular complexity index is 675. The Morgan fingerprint density at radius 3 is 2.50 bits per heavy atom. The maximum absolute atomic E-state index is 11.8. The van der Waals surface area contributed by atoms with Crippen LogP contribution in [0.3, 0.4) is 0 Å². The molecule has 1 aromatic carbocycles. The van der Waals surface area contributed by atoms with E-state index in [4.69, 9.17) is 0 Å². The summed E-state index contributed by atoms with van der Waals surface area (Å²) in [7, 11) is 0. The molecule has 0 N–H and O–H groups in total. The van der Waals surface area contributed by atoms with E-state index in [1.165, 1.54) is 0 Å². The number of hydrogen-bond acceptors (Lipinski definition) is 2. The molecule has 1 aromatic heterocycles. The predicted octanol–water partition coefficient (Wildman–Crippen LogP) is 0.440. The Kier molecular flexibility index (Phi) is 1.90. The van der Waals surface area contributed by atoms with Crippen molar-refractivity contribution in [3.05, 3.63) is 64.9 Å². The minimum absolute atomic E-state index is 0.174. The molecule has 2 aromatic rings. The number of para-hydroxylation sites is 1. The summed E-state index contributed by atoms with van der Waals surface area (Å²) in [6.45, 7) is 0. The number of carbonyl (C=O) groups excluding carboxylic acids is 1. The van der Waals surface area contributed by atoms with Crippen molar-refractivity contribution < 1.29 is 4.79 Å². The lowest BCUT2D eigenvalue weighted by Gasteiger charge is -1.98. The van der Waals surface area contributed by atoms with Gasteiger partial charge in [-0.15, -0.1) is 0 Å². The third-order valence-corrected chi connectivity index (χ3v) is 2.58. The molecule has 3 heteroatoms. The molecule has 0 fully saturated rings. The second kappa shape index (κ2) is 3.38. The zero-order valence-electron chi connectivity index (χ0n) is 8.42. The van der Waals surface area contributed by atoms with Crippen molar-refractivity contribution in [1.29, 1.82) is 0 Å². The number of rotatable bonds is 1. The van der Waals surface area contributed by atoms with Gasteiger partial charge in [-0.3, -0.25) is 9.78 Å². The Morgan fingerprint density at radius 1 is 0.938 bits per heavy atom. The lowest BCUT2D eigenvalue weighted by molar-refractivity contribution is -0.112. The third-order valence-electron chi connectivity index (χ3n) is 2.58. The Hall–Kier alpha value is -2.29. The Morgan fingerprint density at radius 2 is 1.69 bits per heavy atom. The molecule has 0 saturated carbocycles. The quantitative estimate of drug-likeness (QED) is 0.682. The number of pyridine rings is 1. The lowest BCUT2D eigenvalue weighted by Crippen LogP contribution is -2.22. The number of hydrogen-bond donors (Lipinski definition) is 0. The lowest BCUT2D eigenvalue weighted by atomic mass is 10.1. The molecule has 0 spiro atoms. The minimum Gasteiger partial charge on any atom is -0.267 e. The van der Waals surface area contributed by atoms with E-state index >= 15 is 0 Å². The molecule has 3 rings (SSSR count). The van der Waals surface area contributed by atoms with E-state index in [1.54, 1.807) is 12.4 Å². The Balaban J connectivity index is 2.39. The van der Waals surface area contributed by atoms with E-state index in [0.29, 0.717) is 5.57 Å². The highest BCUT2D eigenvalue weighted by Crippen LogP contribution is 2.12. The largest absolute Gasteiger partial charge is 0.278 e. The topological polar surface area (TPSA) is 42.3 Å². The average molecular weight is 208 g/mol. The molecule has 0 bridgehead atoms. The minimum atomic E-state index is -0.174. The van der Waals surface area contributed by atoms with E-state index in [1.807, 2.05) is 36.4 Å². The summed E-state index contributed by atoms with van der Waals surface area (Å²) >= 11 is 0. The van der Waals surface area contributed by atoms with Crippen LogP contribution in [0.25, 0.3) is 5.57 Å².